The fourth-order valence-corrected chi connectivity index (χ4v) is 4.34. The predicted octanol–water partition coefficient (Wildman–Crippen LogP) is 3.88. The van der Waals surface area contributed by atoms with E-state index in [1.165, 1.54) is 5.56 Å². The molecule has 0 aliphatic carbocycles. The van der Waals surface area contributed by atoms with Crippen molar-refractivity contribution in [1.82, 2.24) is 19.3 Å². The van der Waals surface area contributed by atoms with Gasteiger partial charge in [-0.15, -0.1) is 0 Å². The first-order valence-electron chi connectivity index (χ1n) is 9.69. The van der Waals surface area contributed by atoms with Gasteiger partial charge in [0.1, 0.15) is 11.3 Å². The molecule has 4 heterocycles. The van der Waals surface area contributed by atoms with Gasteiger partial charge in [-0.3, -0.25) is 4.79 Å². The first-order valence-corrected chi connectivity index (χ1v) is 9.69. The zero-order valence-corrected chi connectivity index (χ0v) is 15.6. The molecule has 4 aromatic rings. The second-order valence-corrected chi connectivity index (χ2v) is 7.42. The van der Waals surface area contributed by atoms with Crippen LogP contribution >= 0.6 is 0 Å². The number of amides is 1. The van der Waals surface area contributed by atoms with Gasteiger partial charge in [-0.25, -0.2) is 4.98 Å². The summed E-state index contributed by atoms with van der Waals surface area (Å²) in [6.45, 7) is 1.42. The molecular weight excluding hydrogens is 348 g/mol. The maximum atomic E-state index is 12.8. The molecule has 140 valence electrons. The fraction of sp³-hybridized carbons (Fsp3) is 0.217. The lowest BCUT2D eigenvalue weighted by molar-refractivity contribution is 0.0679. The third-order valence-electron chi connectivity index (χ3n) is 5.91. The SMILES string of the molecule is O=C(c1ccc[nH]1)N1CCC(c2ccccc2)(c2cn3ccccc3n2)CC1. The molecule has 5 nitrogen and oxygen atoms in total. The molecule has 5 heteroatoms. The molecule has 3 aromatic heterocycles. The summed E-state index contributed by atoms with van der Waals surface area (Å²) in [5, 5.41) is 0. The van der Waals surface area contributed by atoms with Crippen LogP contribution in [0, 0.1) is 0 Å². The number of hydrogen-bond acceptors (Lipinski definition) is 2. The molecule has 1 aliphatic heterocycles. The molecule has 0 bridgehead atoms. The molecule has 1 aliphatic rings. The van der Waals surface area contributed by atoms with E-state index in [9.17, 15) is 4.79 Å². The summed E-state index contributed by atoms with van der Waals surface area (Å²) < 4.78 is 2.08. The van der Waals surface area contributed by atoms with Gasteiger partial charge < -0.3 is 14.3 Å². The van der Waals surface area contributed by atoms with E-state index in [0.717, 1.165) is 24.2 Å². The van der Waals surface area contributed by atoms with Crippen molar-refractivity contribution in [3.8, 4) is 0 Å². The van der Waals surface area contributed by atoms with Crippen LogP contribution in [0.15, 0.2) is 79.3 Å². The third-order valence-corrected chi connectivity index (χ3v) is 5.91. The first kappa shape index (κ1) is 16.8. The average Bonchev–Trinajstić information content (AvgIpc) is 3.44. The maximum Gasteiger partial charge on any atom is 0.270 e. The van der Waals surface area contributed by atoms with Gasteiger partial charge >= 0.3 is 0 Å². The number of fused-ring (bicyclic) bond motifs is 1. The number of nitrogens with zero attached hydrogens (tertiary/aromatic N) is 3. The van der Waals surface area contributed by atoms with E-state index < -0.39 is 0 Å². The number of aromatic amines is 1. The Kier molecular flexibility index (Phi) is 4.01. The second-order valence-electron chi connectivity index (χ2n) is 7.42. The molecule has 0 saturated carbocycles. The number of piperidine rings is 1. The molecule has 0 radical (unpaired) electrons. The van der Waals surface area contributed by atoms with E-state index in [-0.39, 0.29) is 11.3 Å². The summed E-state index contributed by atoms with van der Waals surface area (Å²) in [4.78, 5) is 22.7. The van der Waals surface area contributed by atoms with Crippen LogP contribution in [0.3, 0.4) is 0 Å². The van der Waals surface area contributed by atoms with E-state index in [1.54, 1.807) is 6.20 Å². The number of rotatable bonds is 3. The Bertz CT molecular complexity index is 1060. The Morgan fingerprint density at radius 3 is 2.46 bits per heavy atom. The minimum absolute atomic E-state index is 0.0710. The molecule has 28 heavy (non-hydrogen) atoms. The second kappa shape index (κ2) is 6.68. The number of pyridine rings is 1. The number of nitrogens with one attached hydrogen (secondary N) is 1. The van der Waals surface area contributed by atoms with Crippen molar-refractivity contribution in [2.24, 2.45) is 0 Å². The quantitative estimate of drug-likeness (QED) is 0.595. The number of carbonyl (C=O) groups excluding carboxylic acids is 1. The maximum absolute atomic E-state index is 12.8. The van der Waals surface area contributed by atoms with Gasteiger partial charge in [0, 0.05) is 37.1 Å². The Labute approximate surface area is 163 Å². The van der Waals surface area contributed by atoms with Gasteiger partial charge in [-0.2, -0.15) is 0 Å². The predicted molar refractivity (Wildman–Crippen MR) is 108 cm³/mol. The Balaban J connectivity index is 1.51. The summed E-state index contributed by atoms with van der Waals surface area (Å²) in [5.41, 5.74) is 3.78. The lowest BCUT2D eigenvalue weighted by atomic mass is 9.70. The molecule has 1 N–H and O–H groups in total. The number of benzene rings is 1. The van der Waals surface area contributed by atoms with Crippen LogP contribution < -0.4 is 0 Å². The van der Waals surface area contributed by atoms with Gasteiger partial charge in [-0.1, -0.05) is 36.4 Å². The normalized spacial score (nSPS) is 16.4. The van der Waals surface area contributed by atoms with Gasteiger partial charge in [-0.05, 0) is 42.7 Å². The Morgan fingerprint density at radius 1 is 0.964 bits per heavy atom. The van der Waals surface area contributed by atoms with Crippen LogP contribution in [0.2, 0.25) is 0 Å². The van der Waals surface area contributed by atoms with Crippen molar-refractivity contribution < 1.29 is 4.79 Å². The van der Waals surface area contributed by atoms with Gasteiger partial charge in [0.15, 0.2) is 0 Å². The largest absolute Gasteiger partial charge is 0.357 e. The van der Waals surface area contributed by atoms with Crippen molar-refractivity contribution in [3.63, 3.8) is 0 Å². The monoisotopic (exact) mass is 370 g/mol. The molecular formula is C23H22N4O. The summed E-state index contributed by atoms with van der Waals surface area (Å²) in [7, 11) is 0. The van der Waals surface area contributed by atoms with Crippen molar-refractivity contribution >= 4 is 11.6 Å². The summed E-state index contributed by atoms with van der Waals surface area (Å²) in [6.07, 6.45) is 7.68. The topological polar surface area (TPSA) is 53.4 Å². The number of hydrogen-bond donors (Lipinski definition) is 1. The van der Waals surface area contributed by atoms with Gasteiger partial charge in [0.05, 0.1) is 5.69 Å². The van der Waals surface area contributed by atoms with Crippen LogP contribution in [0.25, 0.3) is 5.65 Å². The minimum atomic E-state index is -0.181. The average molecular weight is 370 g/mol. The number of H-pyrrole nitrogens is 1. The van der Waals surface area contributed by atoms with E-state index in [4.69, 9.17) is 4.98 Å². The smallest absolute Gasteiger partial charge is 0.270 e. The highest BCUT2D eigenvalue weighted by Crippen LogP contribution is 2.41. The molecule has 0 unspecified atom stereocenters. The van der Waals surface area contributed by atoms with Gasteiger partial charge in [0.2, 0.25) is 0 Å². The highest BCUT2D eigenvalue weighted by atomic mass is 16.2. The number of likely N-dealkylation sites (tertiary alicyclic amines) is 1. The van der Waals surface area contributed by atoms with Crippen LogP contribution in [-0.2, 0) is 5.41 Å². The Morgan fingerprint density at radius 2 is 1.75 bits per heavy atom. The van der Waals surface area contributed by atoms with Crippen LogP contribution in [-0.4, -0.2) is 38.3 Å². The highest BCUT2D eigenvalue weighted by Gasteiger charge is 2.41. The van der Waals surface area contributed by atoms with E-state index in [1.807, 2.05) is 47.5 Å². The fourth-order valence-electron chi connectivity index (χ4n) is 4.34. The molecule has 1 amide bonds. The van der Waals surface area contributed by atoms with Crippen molar-refractivity contribution in [1.29, 1.82) is 0 Å². The molecule has 5 rings (SSSR count). The van der Waals surface area contributed by atoms with Crippen molar-refractivity contribution in [3.05, 3.63) is 96.2 Å². The molecule has 1 saturated heterocycles. The molecule has 0 atom stereocenters. The van der Waals surface area contributed by atoms with Gasteiger partial charge in [0.25, 0.3) is 5.91 Å². The molecule has 1 fully saturated rings. The number of carbonyl (C=O) groups is 1. The lowest BCUT2D eigenvalue weighted by Crippen LogP contribution is -2.46. The van der Waals surface area contributed by atoms with Crippen LogP contribution in [0.5, 0.6) is 0 Å². The van der Waals surface area contributed by atoms with E-state index >= 15 is 0 Å². The third kappa shape index (κ3) is 2.71. The van der Waals surface area contributed by atoms with Crippen molar-refractivity contribution in [2.45, 2.75) is 18.3 Å². The number of imidazole rings is 1. The van der Waals surface area contributed by atoms with Crippen molar-refractivity contribution in [2.75, 3.05) is 13.1 Å². The lowest BCUT2D eigenvalue weighted by Gasteiger charge is -2.41. The standard InChI is InChI=1S/C23H22N4O/c28-22(19-9-6-13-24-19)26-15-11-23(12-16-26,18-7-2-1-3-8-18)20-17-27-14-5-4-10-21(27)25-20/h1-10,13-14,17,24H,11-12,15-16H2. The summed E-state index contributed by atoms with van der Waals surface area (Å²) in [6, 6.07) is 20.4. The number of aromatic nitrogens is 3. The van der Waals surface area contributed by atoms with Crippen LogP contribution in [0.1, 0.15) is 34.6 Å². The summed E-state index contributed by atoms with van der Waals surface area (Å²) in [5.74, 6) is 0.0710. The highest BCUT2D eigenvalue weighted by molar-refractivity contribution is 5.92. The Hall–Kier alpha value is -3.34. The summed E-state index contributed by atoms with van der Waals surface area (Å²) >= 11 is 0. The minimum Gasteiger partial charge on any atom is -0.357 e. The first-order chi connectivity index (χ1) is 13.8. The van der Waals surface area contributed by atoms with Crippen LogP contribution in [0.4, 0.5) is 0 Å². The molecule has 1 aromatic carbocycles. The van der Waals surface area contributed by atoms with E-state index in [0.29, 0.717) is 18.8 Å². The zero-order chi connectivity index (χ0) is 19.0. The zero-order valence-electron chi connectivity index (χ0n) is 15.6. The molecule has 0 spiro atoms. The van der Waals surface area contributed by atoms with E-state index in [2.05, 4.69) is 39.8 Å².